The van der Waals surface area contributed by atoms with E-state index in [-0.39, 0.29) is 10.6 Å². The summed E-state index contributed by atoms with van der Waals surface area (Å²) in [7, 11) is -2.29. The van der Waals surface area contributed by atoms with Gasteiger partial charge in [-0.2, -0.15) is 5.10 Å². The van der Waals surface area contributed by atoms with Crippen LogP contribution in [0.3, 0.4) is 0 Å². The van der Waals surface area contributed by atoms with Gasteiger partial charge < -0.3 is 0 Å². The van der Waals surface area contributed by atoms with Gasteiger partial charge in [0.25, 0.3) is 15.9 Å². The average Bonchev–Trinajstić information content (AvgIpc) is 3.25. The quantitative estimate of drug-likeness (QED) is 0.597. The molecular weight excluding hydrogens is 398 g/mol. The van der Waals surface area contributed by atoms with E-state index < -0.39 is 15.9 Å². The van der Waals surface area contributed by atoms with Crippen LogP contribution in [0.5, 0.6) is 0 Å². The maximum atomic E-state index is 12.5. The van der Waals surface area contributed by atoms with Gasteiger partial charge in [-0.3, -0.25) is 14.9 Å². The molecule has 0 atom stereocenters. The molecule has 3 rings (SSSR count). The number of hydrogen-bond acceptors (Lipinski definition) is 6. The van der Waals surface area contributed by atoms with Crippen molar-refractivity contribution in [2.75, 3.05) is 0 Å². The molecule has 148 valence electrons. The molecule has 0 aliphatic heterocycles. The van der Waals surface area contributed by atoms with Crippen molar-refractivity contribution in [3.8, 4) is 10.6 Å². The Bertz CT molecular complexity index is 1110. The van der Waals surface area contributed by atoms with Gasteiger partial charge in [0.15, 0.2) is 0 Å². The topological polar surface area (TPSA) is 106 Å². The maximum Gasteiger partial charge on any atom is 0.285 e. The Hall–Kier alpha value is -2.56. The van der Waals surface area contributed by atoms with Gasteiger partial charge in [-0.15, -0.1) is 16.2 Å². The number of nitrogens with one attached hydrogen (secondary N) is 2. The molecule has 0 fully saturated rings. The van der Waals surface area contributed by atoms with Gasteiger partial charge in [-0.25, -0.2) is 13.4 Å². The number of hydrazine groups is 1. The Morgan fingerprint density at radius 3 is 2.46 bits per heavy atom. The molecule has 8 nitrogen and oxygen atoms in total. The second-order valence-electron chi connectivity index (χ2n) is 6.27. The molecule has 0 aliphatic carbocycles. The van der Waals surface area contributed by atoms with Gasteiger partial charge in [0.05, 0.1) is 11.4 Å². The number of amides is 1. The van der Waals surface area contributed by atoms with E-state index in [1.807, 2.05) is 24.3 Å². The smallest absolute Gasteiger partial charge is 0.272 e. The lowest BCUT2D eigenvalue weighted by atomic mass is 10.1. The summed E-state index contributed by atoms with van der Waals surface area (Å²) in [5.41, 5.74) is 5.31. The van der Waals surface area contributed by atoms with Crippen LogP contribution >= 0.6 is 11.3 Å². The first-order valence-electron chi connectivity index (χ1n) is 8.60. The minimum Gasteiger partial charge on any atom is -0.272 e. The first-order valence-corrected chi connectivity index (χ1v) is 11.0. The third kappa shape index (κ3) is 3.98. The van der Waals surface area contributed by atoms with Crippen molar-refractivity contribution in [3.63, 3.8) is 0 Å². The molecule has 0 bridgehead atoms. The van der Waals surface area contributed by atoms with Crippen LogP contribution in [0, 0.1) is 13.8 Å². The Morgan fingerprint density at radius 2 is 1.89 bits per heavy atom. The van der Waals surface area contributed by atoms with Crippen molar-refractivity contribution in [3.05, 3.63) is 52.3 Å². The van der Waals surface area contributed by atoms with Crippen LogP contribution in [-0.2, 0) is 23.5 Å². The highest BCUT2D eigenvalue weighted by Crippen LogP contribution is 2.24. The third-order valence-electron chi connectivity index (χ3n) is 4.36. The largest absolute Gasteiger partial charge is 0.285 e. The summed E-state index contributed by atoms with van der Waals surface area (Å²) < 4.78 is 26.5. The second kappa shape index (κ2) is 7.82. The molecule has 0 saturated carbocycles. The third-order valence-corrected chi connectivity index (χ3v) is 6.75. The van der Waals surface area contributed by atoms with Crippen molar-refractivity contribution in [1.29, 1.82) is 0 Å². The zero-order valence-corrected chi connectivity index (χ0v) is 17.6. The standard InChI is InChI=1S/C18H21N5O3S2/c1-5-13-6-8-14(9-7-13)18-19-15(10-27-18)17(24)20-22-28(25,26)16-11(2)21-23(4)12(16)3/h6-10,22H,5H2,1-4H3,(H,20,24). The molecule has 1 amide bonds. The van der Waals surface area contributed by atoms with Crippen molar-refractivity contribution in [2.45, 2.75) is 32.1 Å². The number of sulfonamides is 1. The van der Waals surface area contributed by atoms with E-state index in [4.69, 9.17) is 0 Å². The average molecular weight is 420 g/mol. The summed E-state index contributed by atoms with van der Waals surface area (Å²) in [6, 6.07) is 7.94. The van der Waals surface area contributed by atoms with Crippen LogP contribution in [0.25, 0.3) is 10.6 Å². The first kappa shape index (κ1) is 20.2. The van der Waals surface area contributed by atoms with Gasteiger partial charge in [-0.05, 0) is 25.8 Å². The summed E-state index contributed by atoms with van der Waals surface area (Å²) in [4.78, 5) is 18.8. The van der Waals surface area contributed by atoms with E-state index >= 15 is 0 Å². The molecule has 0 spiro atoms. The number of benzene rings is 1. The maximum absolute atomic E-state index is 12.5. The Balaban J connectivity index is 1.72. The molecule has 0 saturated heterocycles. The molecule has 2 aromatic heterocycles. The summed E-state index contributed by atoms with van der Waals surface area (Å²) in [5.74, 6) is -0.629. The highest BCUT2D eigenvalue weighted by atomic mass is 32.2. The van der Waals surface area contributed by atoms with Gasteiger partial charge in [0, 0.05) is 18.0 Å². The van der Waals surface area contributed by atoms with Gasteiger partial charge in [0.1, 0.15) is 15.6 Å². The van der Waals surface area contributed by atoms with E-state index in [1.165, 1.54) is 21.6 Å². The molecule has 0 radical (unpaired) electrons. The van der Waals surface area contributed by atoms with Gasteiger partial charge in [0.2, 0.25) is 0 Å². The molecule has 2 N–H and O–H groups in total. The summed E-state index contributed by atoms with van der Waals surface area (Å²) in [6.45, 7) is 5.32. The van der Waals surface area contributed by atoms with Gasteiger partial charge in [-0.1, -0.05) is 31.2 Å². The Morgan fingerprint density at radius 1 is 1.21 bits per heavy atom. The van der Waals surface area contributed by atoms with Crippen molar-refractivity contribution in [1.82, 2.24) is 25.0 Å². The monoisotopic (exact) mass is 419 g/mol. The predicted octanol–water partition coefficient (Wildman–Crippen LogP) is 2.35. The fraction of sp³-hybridized carbons (Fsp3) is 0.278. The molecule has 0 unspecified atom stereocenters. The molecule has 1 aromatic carbocycles. The van der Waals surface area contributed by atoms with Crippen molar-refractivity contribution in [2.24, 2.45) is 7.05 Å². The number of nitrogens with zero attached hydrogens (tertiary/aromatic N) is 3. The number of aromatic nitrogens is 3. The highest BCUT2D eigenvalue weighted by molar-refractivity contribution is 7.89. The van der Waals surface area contributed by atoms with Crippen LogP contribution < -0.4 is 10.3 Å². The van der Waals surface area contributed by atoms with E-state index in [0.717, 1.165) is 12.0 Å². The van der Waals surface area contributed by atoms with E-state index in [0.29, 0.717) is 16.4 Å². The first-order chi connectivity index (χ1) is 13.2. The van der Waals surface area contributed by atoms with Crippen molar-refractivity contribution < 1.29 is 13.2 Å². The number of carbonyl (C=O) groups excluding carboxylic acids is 1. The van der Waals surface area contributed by atoms with Crippen LogP contribution in [0.15, 0.2) is 34.5 Å². The molecule has 0 aliphatic rings. The lowest BCUT2D eigenvalue weighted by molar-refractivity contribution is 0.0941. The van der Waals surface area contributed by atoms with E-state index in [9.17, 15) is 13.2 Å². The van der Waals surface area contributed by atoms with E-state index in [2.05, 4.69) is 27.3 Å². The fourth-order valence-electron chi connectivity index (χ4n) is 2.77. The zero-order valence-electron chi connectivity index (χ0n) is 16.0. The number of hydrogen-bond donors (Lipinski definition) is 2. The molecule has 28 heavy (non-hydrogen) atoms. The van der Waals surface area contributed by atoms with Crippen LogP contribution in [0.2, 0.25) is 0 Å². The highest BCUT2D eigenvalue weighted by Gasteiger charge is 2.24. The fourth-order valence-corrected chi connectivity index (χ4v) is 4.85. The van der Waals surface area contributed by atoms with Crippen molar-refractivity contribution >= 4 is 27.3 Å². The molecule has 2 heterocycles. The van der Waals surface area contributed by atoms with Gasteiger partial charge >= 0.3 is 0 Å². The number of aryl methyl sites for hydroxylation is 3. The van der Waals surface area contributed by atoms with Crippen LogP contribution in [0.1, 0.15) is 34.4 Å². The predicted molar refractivity (Wildman–Crippen MR) is 107 cm³/mol. The lowest BCUT2D eigenvalue weighted by Gasteiger charge is -2.07. The molecule has 3 aromatic rings. The molecule has 10 heteroatoms. The number of rotatable bonds is 6. The summed E-state index contributed by atoms with van der Waals surface area (Å²) in [5, 5.41) is 6.37. The van der Waals surface area contributed by atoms with Crippen LogP contribution in [-0.4, -0.2) is 29.1 Å². The minimum atomic E-state index is -3.95. The van der Waals surface area contributed by atoms with E-state index in [1.54, 1.807) is 26.3 Å². The second-order valence-corrected chi connectivity index (χ2v) is 8.75. The zero-order chi connectivity index (χ0) is 20.5. The lowest BCUT2D eigenvalue weighted by Crippen LogP contribution is -2.42. The SMILES string of the molecule is CCc1ccc(-c2nc(C(=O)NNS(=O)(=O)c3c(C)nn(C)c3C)cs2)cc1. The Labute approximate surface area is 167 Å². The number of carbonyl (C=O) groups is 1. The normalized spacial score (nSPS) is 11.6. The summed E-state index contributed by atoms with van der Waals surface area (Å²) >= 11 is 1.32. The van der Waals surface area contributed by atoms with Crippen LogP contribution in [0.4, 0.5) is 0 Å². The molecular formula is C18H21N5O3S2. The number of thiazole rings is 1. The Kier molecular flexibility index (Phi) is 5.64. The minimum absolute atomic E-state index is 0.0466. The summed E-state index contributed by atoms with van der Waals surface area (Å²) in [6.07, 6.45) is 0.946.